The van der Waals surface area contributed by atoms with Crippen molar-refractivity contribution in [3.8, 4) is 0 Å². The molecule has 20 heavy (non-hydrogen) atoms. The minimum Gasteiger partial charge on any atom is -0.370 e. The summed E-state index contributed by atoms with van der Waals surface area (Å²) in [6.45, 7) is 1.21. The first-order valence-electron chi connectivity index (χ1n) is 6.65. The maximum atomic E-state index is 12.2. The molecule has 110 valence electrons. The number of aromatic nitrogens is 3. The average molecular weight is 280 g/mol. The number of nitrogens with two attached hydrogens (primary N) is 2. The Morgan fingerprint density at radius 2 is 2.30 bits per heavy atom. The molecule has 0 radical (unpaired) electrons. The van der Waals surface area contributed by atoms with Crippen LogP contribution in [0.4, 0.5) is 0 Å². The zero-order valence-electron chi connectivity index (χ0n) is 11.5. The van der Waals surface area contributed by atoms with E-state index in [9.17, 15) is 9.59 Å². The number of rotatable bonds is 4. The molecule has 4 N–H and O–H groups in total. The van der Waals surface area contributed by atoms with E-state index >= 15 is 0 Å². The highest BCUT2D eigenvalue weighted by Crippen LogP contribution is 2.25. The molecule has 1 aromatic heterocycles. The van der Waals surface area contributed by atoms with Crippen LogP contribution in [-0.4, -0.2) is 50.6 Å². The molecule has 2 rings (SSSR count). The molecule has 8 nitrogen and oxygen atoms in total. The third kappa shape index (κ3) is 3.13. The third-order valence-electron chi connectivity index (χ3n) is 3.58. The molecule has 8 heteroatoms. The fourth-order valence-electron chi connectivity index (χ4n) is 2.59. The van der Waals surface area contributed by atoms with Crippen molar-refractivity contribution in [2.24, 2.45) is 18.5 Å². The summed E-state index contributed by atoms with van der Waals surface area (Å²) in [5.74, 6) is 0.232. The first-order valence-corrected chi connectivity index (χ1v) is 6.65. The fraction of sp³-hybridized carbons (Fsp3) is 0.667. The van der Waals surface area contributed by atoms with E-state index in [0.29, 0.717) is 13.1 Å². The first kappa shape index (κ1) is 14.4. The summed E-state index contributed by atoms with van der Waals surface area (Å²) < 4.78 is 1.86. The highest BCUT2D eigenvalue weighted by molar-refractivity contribution is 5.87. The van der Waals surface area contributed by atoms with Gasteiger partial charge in [0, 0.05) is 26.1 Å². The molecule has 2 amide bonds. The van der Waals surface area contributed by atoms with Gasteiger partial charge in [0.2, 0.25) is 11.8 Å². The number of carbonyl (C=O) groups excluding carboxylic acids is 2. The number of amides is 2. The predicted molar refractivity (Wildman–Crippen MR) is 71.3 cm³/mol. The van der Waals surface area contributed by atoms with Gasteiger partial charge >= 0.3 is 0 Å². The van der Waals surface area contributed by atoms with Crippen LogP contribution in [0.5, 0.6) is 0 Å². The molecule has 1 saturated heterocycles. The lowest BCUT2D eigenvalue weighted by Crippen LogP contribution is -2.49. The van der Waals surface area contributed by atoms with Gasteiger partial charge in [-0.2, -0.15) is 0 Å². The molecule has 0 aliphatic carbocycles. The standard InChI is InChI=1S/C12H20N6O2/c1-17-7-15-16-11(17)8-3-2-4-18(6-8)12(20)9(13)5-10(14)19/h7-9H,2-6,13H2,1H3,(H2,14,19). The van der Waals surface area contributed by atoms with Gasteiger partial charge in [-0.3, -0.25) is 9.59 Å². The van der Waals surface area contributed by atoms with E-state index in [0.717, 1.165) is 18.7 Å². The van der Waals surface area contributed by atoms with Crippen molar-refractivity contribution >= 4 is 11.8 Å². The fourth-order valence-corrected chi connectivity index (χ4v) is 2.59. The van der Waals surface area contributed by atoms with E-state index in [2.05, 4.69) is 10.2 Å². The Hall–Kier alpha value is -1.96. The quantitative estimate of drug-likeness (QED) is 0.712. The number of hydrogen-bond acceptors (Lipinski definition) is 5. The molecule has 1 aliphatic heterocycles. The van der Waals surface area contributed by atoms with E-state index in [1.54, 1.807) is 11.2 Å². The topological polar surface area (TPSA) is 120 Å². The van der Waals surface area contributed by atoms with Gasteiger partial charge in [-0.15, -0.1) is 10.2 Å². The van der Waals surface area contributed by atoms with Crippen LogP contribution in [0.1, 0.15) is 31.0 Å². The molecular formula is C12H20N6O2. The second-order valence-corrected chi connectivity index (χ2v) is 5.20. The number of carbonyl (C=O) groups is 2. The molecule has 0 aromatic carbocycles. The van der Waals surface area contributed by atoms with E-state index in [1.165, 1.54) is 0 Å². The van der Waals surface area contributed by atoms with Gasteiger partial charge in [0.25, 0.3) is 0 Å². The Morgan fingerprint density at radius 3 is 2.90 bits per heavy atom. The lowest BCUT2D eigenvalue weighted by Gasteiger charge is -2.33. The summed E-state index contributed by atoms with van der Waals surface area (Å²) in [6.07, 6.45) is 3.37. The highest BCUT2D eigenvalue weighted by Gasteiger charge is 2.30. The largest absolute Gasteiger partial charge is 0.370 e. The summed E-state index contributed by atoms with van der Waals surface area (Å²) in [5, 5.41) is 7.96. The van der Waals surface area contributed by atoms with Crippen molar-refractivity contribution in [3.63, 3.8) is 0 Å². The van der Waals surface area contributed by atoms with Gasteiger partial charge in [-0.25, -0.2) is 0 Å². The van der Waals surface area contributed by atoms with Gasteiger partial charge in [0.1, 0.15) is 12.2 Å². The van der Waals surface area contributed by atoms with Crippen LogP contribution in [0.3, 0.4) is 0 Å². The van der Waals surface area contributed by atoms with E-state index < -0.39 is 11.9 Å². The van der Waals surface area contributed by atoms with Gasteiger partial charge in [-0.1, -0.05) is 0 Å². The van der Waals surface area contributed by atoms with Crippen molar-refractivity contribution in [1.29, 1.82) is 0 Å². The summed E-state index contributed by atoms with van der Waals surface area (Å²) in [6, 6.07) is -0.856. The molecule has 2 heterocycles. The van der Waals surface area contributed by atoms with Crippen LogP contribution >= 0.6 is 0 Å². The van der Waals surface area contributed by atoms with E-state index in [4.69, 9.17) is 11.5 Å². The highest BCUT2D eigenvalue weighted by atomic mass is 16.2. The van der Waals surface area contributed by atoms with Crippen LogP contribution < -0.4 is 11.5 Å². The summed E-state index contributed by atoms with van der Waals surface area (Å²) >= 11 is 0. The minimum absolute atomic E-state index is 0.121. The number of piperidine rings is 1. The first-order chi connectivity index (χ1) is 9.49. The summed E-state index contributed by atoms with van der Waals surface area (Å²) in [7, 11) is 1.88. The Morgan fingerprint density at radius 1 is 1.55 bits per heavy atom. The lowest BCUT2D eigenvalue weighted by molar-refractivity contribution is -0.135. The molecule has 0 spiro atoms. The van der Waals surface area contributed by atoms with Crippen molar-refractivity contribution in [1.82, 2.24) is 19.7 Å². The Labute approximate surface area is 117 Å². The summed E-state index contributed by atoms with van der Waals surface area (Å²) in [4.78, 5) is 24.7. The second-order valence-electron chi connectivity index (χ2n) is 5.20. The van der Waals surface area contributed by atoms with Crippen LogP contribution in [0, 0.1) is 0 Å². The number of aryl methyl sites for hydroxylation is 1. The molecule has 0 bridgehead atoms. The molecule has 1 aromatic rings. The molecule has 0 saturated carbocycles. The van der Waals surface area contributed by atoms with Gasteiger partial charge in [0.05, 0.1) is 12.5 Å². The van der Waals surface area contributed by atoms with Crippen LogP contribution in [0.15, 0.2) is 6.33 Å². The van der Waals surface area contributed by atoms with Crippen molar-refractivity contribution in [3.05, 3.63) is 12.2 Å². The number of primary amides is 1. The monoisotopic (exact) mass is 280 g/mol. The third-order valence-corrected chi connectivity index (χ3v) is 3.58. The molecule has 1 aliphatic rings. The van der Waals surface area contributed by atoms with Crippen LogP contribution in [0.25, 0.3) is 0 Å². The Bertz CT molecular complexity index is 500. The maximum absolute atomic E-state index is 12.2. The van der Waals surface area contributed by atoms with Crippen LogP contribution in [0.2, 0.25) is 0 Å². The molecular weight excluding hydrogens is 260 g/mol. The van der Waals surface area contributed by atoms with Crippen molar-refractivity contribution < 1.29 is 9.59 Å². The Kier molecular flexibility index (Phi) is 4.33. The van der Waals surface area contributed by atoms with E-state index in [-0.39, 0.29) is 18.2 Å². The van der Waals surface area contributed by atoms with Crippen molar-refractivity contribution in [2.75, 3.05) is 13.1 Å². The van der Waals surface area contributed by atoms with Gasteiger partial charge in [-0.05, 0) is 12.8 Å². The zero-order valence-corrected chi connectivity index (χ0v) is 11.5. The molecule has 2 atom stereocenters. The number of hydrogen-bond donors (Lipinski definition) is 2. The Balaban J connectivity index is 2.02. The zero-order chi connectivity index (χ0) is 14.7. The summed E-state index contributed by atoms with van der Waals surface area (Å²) in [5.41, 5.74) is 10.8. The van der Waals surface area contributed by atoms with Gasteiger partial charge in [0.15, 0.2) is 0 Å². The second kappa shape index (κ2) is 6.00. The van der Waals surface area contributed by atoms with Crippen LogP contribution in [-0.2, 0) is 16.6 Å². The average Bonchev–Trinajstić information content (AvgIpc) is 2.83. The lowest BCUT2D eigenvalue weighted by atomic mass is 9.96. The molecule has 1 fully saturated rings. The SMILES string of the molecule is Cn1cnnc1C1CCCN(C(=O)C(N)CC(N)=O)C1. The molecule has 2 unspecified atom stereocenters. The number of likely N-dealkylation sites (tertiary alicyclic amines) is 1. The normalized spacial score (nSPS) is 20.7. The van der Waals surface area contributed by atoms with Crippen molar-refractivity contribution in [2.45, 2.75) is 31.2 Å². The minimum atomic E-state index is -0.856. The van der Waals surface area contributed by atoms with E-state index in [1.807, 2.05) is 11.6 Å². The smallest absolute Gasteiger partial charge is 0.240 e. The number of nitrogens with zero attached hydrogens (tertiary/aromatic N) is 4. The van der Waals surface area contributed by atoms with Gasteiger partial charge < -0.3 is 20.9 Å². The predicted octanol–water partition coefficient (Wildman–Crippen LogP) is -1.28. The maximum Gasteiger partial charge on any atom is 0.240 e.